The van der Waals surface area contributed by atoms with Crippen molar-refractivity contribution < 1.29 is 0 Å². The molecule has 1 aliphatic carbocycles. The molecule has 1 heteroatoms. The van der Waals surface area contributed by atoms with E-state index in [1.54, 1.807) is 0 Å². The van der Waals surface area contributed by atoms with Crippen LogP contribution in [-0.4, -0.2) is 7.05 Å². The Balaban J connectivity index is 1.94. The lowest BCUT2D eigenvalue weighted by Crippen LogP contribution is -2.16. The molecule has 1 saturated carbocycles. The maximum Gasteiger partial charge on any atom is 0.0320 e. The third kappa shape index (κ3) is 3.85. The maximum atomic E-state index is 3.45. The molecule has 0 aliphatic heterocycles. The standard InChI is InChI=1S/C16H25N/c1-3-4-5-13-8-10-15(11-9-13)16(17-2)12-14-6-7-14/h8-11,14,16-17H,3-7,12H2,1-2H3. The van der Waals surface area contributed by atoms with Gasteiger partial charge in [0.1, 0.15) is 0 Å². The van der Waals surface area contributed by atoms with Crippen molar-refractivity contribution in [3.63, 3.8) is 0 Å². The smallest absolute Gasteiger partial charge is 0.0320 e. The second kappa shape index (κ2) is 6.20. The molecule has 0 spiro atoms. The molecule has 94 valence electrons. The zero-order valence-electron chi connectivity index (χ0n) is 11.2. The highest BCUT2D eigenvalue weighted by Crippen LogP contribution is 2.37. The van der Waals surface area contributed by atoms with Crippen LogP contribution in [0.25, 0.3) is 0 Å². The Morgan fingerprint density at radius 3 is 2.47 bits per heavy atom. The Hall–Kier alpha value is -0.820. The molecule has 0 bridgehead atoms. The first-order chi connectivity index (χ1) is 8.33. The average Bonchev–Trinajstić information content (AvgIpc) is 3.18. The Morgan fingerprint density at radius 1 is 1.24 bits per heavy atom. The third-order valence-corrected chi connectivity index (χ3v) is 3.82. The summed E-state index contributed by atoms with van der Waals surface area (Å²) in [7, 11) is 2.08. The van der Waals surface area contributed by atoms with E-state index in [0.717, 1.165) is 5.92 Å². The predicted octanol–water partition coefficient (Wildman–Crippen LogP) is 4.09. The van der Waals surface area contributed by atoms with Crippen molar-refractivity contribution >= 4 is 0 Å². The molecule has 1 nitrogen and oxygen atoms in total. The lowest BCUT2D eigenvalue weighted by atomic mass is 9.99. The molecule has 1 N–H and O–H groups in total. The van der Waals surface area contributed by atoms with Crippen LogP contribution in [0.3, 0.4) is 0 Å². The highest BCUT2D eigenvalue weighted by atomic mass is 14.9. The van der Waals surface area contributed by atoms with Gasteiger partial charge in [-0.25, -0.2) is 0 Å². The van der Waals surface area contributed by atoms with Gasteiger partial charge in [-0.2, -0.15) is 0 Å². The highest BCUT2D eigenvalue weighted by Gasteiger charge is 2.25. The molecular formula is C16H25N. The molecule has 1 aliphatic rings. The quantitative estimate of drug-likeness (QED) is 0.745. The molecule has 17 heavy (non-hydrogen) atoms. The zero-order chi connectivity index (χ0) is 12.1. The Morgan fingerprint density at radius 2 is 1.94 bits per heavy atom. The fraction of sp³-hybridized carbons (Fsp3) is 0.625. The molecule has 0 aromatic heterocycles. The van der Waals surface area contributed by atoms with Gasteiger partial charge in [0, 0.05) is 6.04 Å². The van der Waals surface area contributed by atoms with Crippen LogP contribution < -0.4 is 5.32 Å². The van der Waals surface area contributed by atoms with E-state index in [4.69, 9.17) is 0 Å². The molecule has 0 saturated heterocycles. The van der Waals surface area contributed by atoms with Crippen molar-refractivity contribution in [1.29, 1.82) is 0 Å². The first-order valence-corrected chi connectivity index (χ1v) is 7.09. The van der Waals surface area contributed by atoms with Crippen LogP contribution in [0, 0.1) is 5.92 Å². The lowest BCUT2D eigenvalue weighted by Gasteiger charge is -2.16. The van der Waals surface area contributed by atoms with E-state index in [2.05, 4.69) is 43.6 Å². The summed E-state index contributed by atoms with van der Waals surface area (Å²) in [5.74, 6) is 0.979. The SMILES string of the molecule is CCCCc1ccc(C(CC2CC2)NC)cc1. The number of benzene rings is 1. The normalized spacial score (nSPS) is 17.1. The van der Waals surface area contributed by atoms with Crippen LogP contribution in [-0.2, 0) is 6.42 Å². The number of unbranched alkanes of at least 4 members (excludes halogenated alkanes) is 1. The van der Waals surface area contributed by atoms with Crippen LogP contribution in [0.1, 0.15) is 56.2 Å². The van der Waals surface area contributed by atoms with Crippen molar-refractivity contribution in [2.45, 2.75) is 51.5 Å². The van der Waals surface area contributed by atoms with E-state index in [9.17, 15) is 0 Å². The largest absolute Gasteiger partial charge is 0.313 e. The molecule has 1 unspecified atom stereocenters. The average molecular weight is 231 g/mol. The first kappa shape index (κ1) is 12.6. The minimum absolute atomic E-state index is 0.558. The summed E-state index contributed by atoms with van der Waals surface area (Å²) in [5.41, 5.74) is 2.94. The number of aryl methyl sites for hydroxylation is 1. The second-order valence-electron chi connectivity index (χ2n) is 5.37. The molecule has 1 aromatic rings. The summed E-state index contributed by atoms with van der Waals surface area (Å²) in [6.07, 6.45) is 7.99. The zero-order valence-corrected chi connectivity index (χ0v) is 11.2. The number of hydrogen-bond acceptors (Lipinski definition) is 1. The number of nitrogens with one attached hydrogen (secondary N) is 1. The van der Waals surface area contributed by atoms with Crippen molar-refractivity contribution in [2.24, 2.45) is 5.92 Å². The highest BCUT2D eigenvalue weighted by molar-refractivity contribution is 5.25. The summed E-state index contributed by atoms with van der Waals surface area (Å²) < 4.78 is 0. The van der Waals surface area contributed by atoms with Gasteiger partial charge in [-0.15, -0.1) is 0 Å². The van der Waals surface area contributed by atoms with E-state index in [0.29, 0.717) is 6.04 Å². The number of rotatable bonds is 7. The van der Waals surface area contributed by atoms with E-state index >= 15 is 0 Å². The van der Waals surface area contributed by atoms with Gasteiger partial charge < -0.3 is 5.32 Å². The van der Waals surface area contributed by atoms with Gasteiger partial charge in [-0.3, -0.25) is 0 Å². The van der Waals surface area contributed by atoms with E-state index < -0.39 is 0 Å². The molecular weight excluding hydrogens is 206 g/mol. The van der Waals surface area contributed by atoms with Crippen LogP contribution in [0.5, 0.6) is 0 Å². The van der Waals surface area contributed by atoms with Crippen molar-refractivity contribution in [3.8, 4) is 0 Å². The fourth-order valence-corrected chi connectivity index (χ4v) is 2.40. The van der Waals surface area contributed by atoms with Gasteiger partial charge in [0.15, 0.2) is 0 Å². The van der Waals surface area contributed by atoms with Crippen molar-refractivity contribution in [3.05, 3.63) is 35.4 Å². The van der Waals surface area contributed by atoms with E-state index in [1.165, 1.54) is 49.7 Å². The monoisotopic (exact) mass is 231 g/mol. The van der Waals surface area contributed by atoms with E-state index in [-0.39, 0.29) is 0 Å². The minimum atomic E-state index is 0.558. The van der Waals surface area contributed by atoms with Crippen LogP contribution in [0.4, 0.5) is 0 Å². The molecule has 1 fully saturated rings. The summed E-state index contributed by atoms with van der Waals surface area (Å²) in [4.78, 5) is 0. The molecule has 1 atom stereocenters. The van der Waals surface area contributed by atoms with Gasteiger partial charge in [0.05, 0.1) is 0 Å². The molecule has 0 amide bonds. The molecule has 2 rings (SSSR count). The Kier molecular flexibility index (Phi) is 4.61. The van der Waals surface area contributed by atoms with Gasteiger partial charge >= 0.3 is 0 Å². The molecule has 0 radical (unpaired) electrons. The predicted molar refractivity (Wildman–Crippen MR) is 74.2 cm³/mol. The lowest BCUT2D eigenvalue weighted by molar-refractivity contribution is 0.514. The maximum absolute atomic E-state index is 3.45. The van der Waals surface area contributed by atoms with E-state index in [1.807, 2.05) is 0 Å². The van der Waals surface area contributed by atoms with Crippen LogP contribution in [0.15, 0.2) is 24.3 Å². The third-order valence-electron chi connectivity index (χ3n) is 3.82. The van der Waals surface area contributed by atoms with Gasteiger partial charge in [0.25, 0.3) is 0 Å². The topological polar surface area (TPSA) is 12.0 Å². The molecule has 1 aromatic carbocycles. The summed E-state index contributed by atoms with van der Waals surface area (Å²) in [5, 5.41) is 3.45. The fourth-order valence-electron chi connectivity index (χ4n) is 2.40. The number of hydrogen-bond donors (Lipinski definition) is 1. The molecule has 0 heterocycles. The first-order valence-electron chi connectivity index (χ1n) is 7.09. The Bertz CT molecular complexity index is 324. The Labute approximate surface area is 106 Å². The second-order valence-corrected chi connectivity index (χ2v) is 5.37. The van der Waals surface area contributed by atoms with Gasteiger partial charge in [-0.1, -0.05) is 50.5 Å². The van der Waals surface area contributed by atoms with Gasteiger partial charge in [-0.05, 0) is 43.4 Å². The minimum Gasteiger partial charge on any atom is -0.313 e. The van der Waals surface area contributed by atoms with Gasteiger partial charge in [0.2, 0.25) is 0 Å². The van der Waals surface area contributed by atoms with Crippen molar-refractivity contribution in [1.82, 2.24) is 5.32 Å². The van der Waals surface area contributed by atoms with Crippen molar-refractivity contribution in [2.75, 3.05) is 7.05 Å². The summed E-state index contributed by atoms with van der Waals surface area (Å²) in [6.45, 7) is 2.25. The summed E-state index contributed by atoms with van der Waals surface area (Å²) >= 11 is 0. The van der Waals surface area contributed by atoms with Crippen LogP contribution in [0.2, 0.25) is 0 Å². The van der Waals surface area contributed by atoms with Crippen LogP contribution >= 0.6 is 0 Å². The summed E-state index contributed by atoms with van der Waals surface area (Å²) in [6, 6.07) is 9.80.